The van der Waals surface area contributed by atoms with E-state index in [0.29, 0.717) is 0 Å². The molecule has 2 heteroatoms. The largest absolute Gasteiger partial charge is 0.264 e. The van der Waals surface area contributed by atoms with Crippen LogP contribution in [0.2, 0.25) is 0 Å². The van der Waals surface area contributed by atoms with Crippen molar-refractivity contribution < 1.29 is 0 Å². The monoisotopic (exact) mass is 151 g/mol. The van der Waals surface area contributed by atoms with Crippen LogP contribution in [0.5, 0.6) is 0 Å². The summed E-state index contributed by atoms with van der Waals surface area (Å²) in [6.45, 7) is 4.02. The van der Waals surface area contributed by atoms with Gasteiger partial charge >= 0.3 is 0 Å². The molecule has 1 nitrogen and oxygen atoms in total. The highest BCUT2D eigenvalue weighted by molar-refractivity contribution is 7.79. The van der Waals surface area contributed by atoms with Crippen LogP contribution >= 0.6 is 12.2 Å². The minimum Gasteiger partial charge on any atom is -0.264 e. The Morgan fingerprint density at radius 1 is 1.30 bits per heavy atom. The lowest BCUT2D eigenvalue weighted by molar-refractivity contribution is 1.21. The van der Waals surface area contributed by atoms with Crippen LogP contribution in [0, 0.1) is 13.8 Å². The number of pyridine rings is 1. The van der Waals surface area contributed by atoms with Crippen LogP contribution in [-0.4, -0.2) is 10.4 Å². The van der Waals surface area contributed by atoms with Crippen LogP contribution in [0.3, 0.4) is 0 Å². The molecule has 52 valence electrons. The summed E-state index contributed by atoms with van der Waals surface area (Å²) in [4.78, 5) is 4.03. The topological polar surface area (TPSA) is 12.9 Å². The molecule has 1 aromatic rings. The van der Waals surface area contributed by atoms with Crippen LogP contribution < -0.4 is 0 Å². The molecule has 10 heavy (non-hydrogen) atoms. The summed E-state index contributed by atoms with van der Waals surface area (Å²) in [5.74, 6) is 0. The Morgan fingerprint density at radius 2 is 1.80 bits per heavy atom. The van der Waals surface area contributed by atoms with Gasteiger partial charge in [0.1, 0.15) is 0 Å². The second-order valence-electron chi connectivity index (χ2n) is 2.30. The first kappa shape index (κ1) is 7.35. The van der Waals surface area contributed by atoms with Gasteiger partial charge in [-0.3, -0.25) is 4.98 Å². The first-order valence-electron chi connectivity index (χ1n) is 3.12. The van der Waals surface area contributed by atoms with Crippen LogP contribution in [-0.2, 0) is 0 Å². The van der Waals surface area contributed by atoms with E-state index in [1.807, 2.05) is 26.2 Å². The van der Waals surface area contributed by atoms with Gasteiger partial charge in [0, 0.05) is 17.8 Å². The molecule has 0 radical (unpaired) electrons. The summed E-state index contributed by atoms with van der Waals surface area (Å²) < 4.78 is 0. The number of rotatable bonds is 1. The SMILES string of the molecule is Cc1cncc(C)c1C=S. The molecule has 0 atom stereocenters. The number of thiocarbonyl (C=S) groups is 1. The average Bonchev–Trinajstić information content (AvgIpc) is 1.88. The third-order valence-corrected chi connectivity index (χ3v) is 1.74. The number of nitrogens with zero attached hydrogens (tertiary/aromatic N) is 1. The van der Waals surface area contributed by atoms with Gasteiger partial charge in [0.2, 0.25) is 0 Å². The van der Waals surface area contributed by atoms with E-state index in [4.69, 9.17) is 12.2 Å². The van der Waals surface area contributed by atoms with Crippen molar-refractivity contribution in [3.8, 4) is 0 Å². The van der Waals surface area contributed by atoms with Gasteiger partial charge in [-0.05, 0) is 30.5 Å². The quantitative estimate of drug-likeness (QED) is 0.570. The maximum Gasteiger partial charge on any atom is 0.0303 e. The Morgan fingerprint density at radius 3 is 2.10 bits per heavy atom. The zero-order valence-corrected chi connectivity index (χ0v) is 6.90. The van der Waals surface area contributed by atoms with E-state index in [1.54, 1.807) is 5.37 Å². The highest BCUT2D eigenvalue weighted by Gasteiger charge is 1.96. The fraction of sp³-hybridized carbons (Fsp3) is 0.250. The lowest BCUT2D eigenvalue weighted by Crippen LogP contribution is -1.90. The molecule has 0 unspecified atom stereocenters. The summed E-state index contributed by atoms with van der Waals surface area (Å²) in [6.07, 6.45) is 3.65. The second-order valence-corrected chi connectivity index (χ2v) is 2.54. The zero-order chi connectivity index (χ0) is 7.56. The molecule has 0 amide bonds. The molecule has 0 saturated carbocycles. The molecule has 0 aliphatic heterocycles. The molecule has 1 heterocycles. The van der Waals surface area contributed by atoms with E-state index in [9.17, 15) is 0 Å². The van der Waals surface area contributed by atoms with Crippen molar-refractivity contribution in [1.29, 1.82) is 0 Å². The second kappa shape index (κ2) is 2.88. The molecule has 0 aliphatic carbocycles. The van der Waals surface area contributed by atoms with Crippen molar-refractivity contribution in [2.24, 2.45) is 0 Å². The minimum absolute atomic E-state index is 1.13. The van der Waals surface area contributed by atoms with Gasteiger partial charge in [0.25, 0.3) is 0 Å². The number of hydrogen-bond donors (Lipinski definition) is 0. The molecule has 1 rings (SSSR count). The third kappa shape index (κ3) is 1.21. The normalized spacial score (nSPS) is 9.40. The van der Waals surface area contributed by atoms with Gasteiger partial charge in [0.05, 0.1) is 0 Å². The van der Waals surface area contributed by atoms with Gasteiger partial charge in [0.15, 0.2) is 0 Å². The van der Waals surface area contributed by atoms with Gasteiger partial charge in [-0.2, -0.15) is 0 Å². The van der Waals surface area contributed by atoms with Crippen molar-refractivity contribution in [3.05, 3.63) is 29.1 Å². The molecule has 0 N–H and O–H groups in total. The van der Waals surface area contributed by atoms with Crippen molar-refractivity contribution in [1.82, 2.24) is 4.98 Å². The Labute approximate surface area is 66.1 Å². The molecule has 0 spiro atoms. The van der Waals surface area contributed by atoms with E-state index in [2.05, 4.69) is 4.98 Å². The summed E-state index contributed by atoms with van der Waals surface area (Å²) >= 11 is 4.84. The predicted molar refractivity (Wildman–Crippen MR) is 46.5 cm³/mol. The van der Waals surface area contributed by atoms with E-state index in [1.165, 1.54) is 0 Å². The maximum atomic E-state index is 4.84. The molecular weight excluding hydrogens is 142 g/mol. The molecule has 0 fully saturated rings. The smallest absolute Gasteiger partial charge is 0.0303 e. The zero-order valence-electron chi connectivity index (χ0n) is 6.09. The number of aromatic nitrogens is 1. The molecule has 0 aliphatic rings. The molecule has 0 bridgehead atoms. The number of aryl methyl sites for hydroxylation is 2. The predicted octanol–water partition coefficient (Wildman–Crippen LogP) is 2.05. The number of hydrogen-bond acceptors (Lipinski definition) is 2. The van der Waals surface area contributed by atoms with Crippen molar-refractivity contribution in [2.75, 3.05) is 0 Å². The molecular formula is C8H9NS. The van der Waals surface area contributed by atoms with Crippen LogP contribution in [0.1, 0.15) is 16.7 Å². The Hall–Kier alpha value is -0.760. The van der Waals surface area contributed by atoms with Gasteiger partial charge in [-0.1, -0.05) is 12.2 Å². The van der Waals surface area contributed by atoms with Crippen molar-refractivity contribution in [3.63, 3.8) is 0 Å². The van der Waals surface area contributed by atoms with Crippen LogP contribution in [0.4, 0.5) is 0 Å². The molecule has 1 aromatic heterocycles. The molecule has 0 aromatic carbocycles. The van der Waals surface area contributed by atoms with Gasteiger partial charge in [-0.15, -0.1) is 0 Å². The minimum atomic E-state index is 1.13. The third-order valence-electron chi connectivity index (χ3n) is 1.50. The van der Waals surface area contributed by atoms with E-state index in [0.717, 1.165) is 16.7 Å². The summed E-state index contributed by atoms with van der Waals surface area (Å²) in [5.41, 5.74) is 3.43. The standard InChI is InChI=1S/C8H9NS/c1-6-3-9-4-7(2)8(6)5-10/h3-5H,1-2H3. The Kier molecular flexibility index (Phi) is 2.12. The molecule has 0 saturated heterocycles. The lowest BCUT2D eigenvalue weighted by atomic mass is 10.1. The van der Waals surface area contributed by atoms with E-state index >= 15 is 0 Å². The van der Waals surface area contributed by atoms with E-state index < -0.39 is 0 Å². The summed E-state index contributed by atoms with van der Waals surface area (Å²) in [7, 11) is 0. The van der Waals surface area contributed by atoms with E-state index in [-0.39, 0.29) is 0 Å². The highest BCUT2D eigenvalue weighted by atomic mass is 32.1. The van der Waals surface area contributed by atoms with Crippen LogP contribution in [0.25, 0.3) is 0 Å². The fourth-order valence-corrected chi connectivity index (χ4v) is 1.27. The van der Waals surface area contributed by atoms with Gasteiger partial charge in [-0.25, -0.2) is 0 Å². The average molecular weight is 151 g/mol. The van der Waals surface area contributed by atoms with Crippen molar-refractivity contribution in [2.45, 2.75) is 13.8 Å². The fourth-order valence-electron chi connectivity index (χ4n) is 0.897. The highest BCUT2D eigenvalue weighted by Crippen LogP contribution is 2.07. The van der Waals surface area contributed by atoms with Gasteiger partial charge < -0.3 is 0 Å². The lowest BCUT2D eigenvalue weighted by Gasteiger charge is -2.00. The Balaban J connectivity index is 3.30. The summed E-state index contributed by atoms with van der Waals surface area (Å²) in [5, 5.41) is 1.70. The van der Waals surface area contributed by atoms with Crippen molar-refractivity contribution >= 4 is 17.6 Å². The first-order chi connectivity index (χ1) is 4.75. The maximum absolute atomic E-state index is 4.84. The summed E-state index contributed by atoms with van der Waals surface area (Å²) in [6, 6.07) is 0. The Bertz CT molecular complexity index is 235. The van der Waals surface area contributed by atoms with Crippen LogP contribution in [0.15, 0.2) is 12.4 Å². The first-order valence-corrected chi connectivity index (χ1v) is 3.59.